The SMILES string of the molecule is CC(=O)c1cccc(NC(=O)NCc2nc(C)no2)c1. The molecule has 7 nitrogen and oxygen atoms in total. The number of carbonyl (C=O) groups excluding carboxylic acids is 2. The number of hydrogen-bond acceptors (Lipinski definition) is 5. The van der Waals surface area contributed by atoms with Crippen molar-refractivity contribution in [3.8, 4) is 0 Å². The number of urea groups is 1. The zero-order valence-electron chi connectivity index (χ0n) is 11.1. The van der Waals surface area contributed by atoms with Gasteiger partial charge in [-0.3, -0.25) is 4.79 Å². The number of carbonyl (C=O) groups is 2. The van der Waals surface area contributed by atoms with E-state index >= 15 is 0 Å². The fourth-order valence-corrected chi connectivity index (χ4v) is 1.56. The molecular weight excluding hydrogens is 260 g/mol. The summed E-state index contributed by atoms with van der Waals surface area (Å²) in [4.78, 5) is 26.9. The van der Waals surface area contributed by atoms with Crippen LogP contribution in [0.5, 0.6) is 0 Å². The Morgan fingerprint density at radius 2 is 2.15 bits per heavy atom. The van der Waals surface area contributed by atoms with Gasteiger partial charge in [-0.15, -0.1) is 0 Å². The van der Waals surface area contributed by atoms with Crippen LogP contribution in [-0.4, -0.2) is 22.0 Å². The summed E-state index contributed by atoms with van der Waals surface area (Å²) >= 11 is 0. The van der Waals surface area contributed by atoms with Crippen molar-refractivity contribution in [2.24, 2.45) is 0 Å². The van der Waals surface area contributed by atoms with Crippen molar-refractivity contribution in [2.45, 2.75) is 20.4 Å². The van der Waals surface area contributed by atoms with Crippen LogP contribution in [0.2, 0.25) is 0 Å². The van der Waals surface area contributed by atoms with Gasteiger partial charge in [-0.25, -0.2) is 4.79 Å². The van der Waals surface area contributed by atoms with Gasteiger partial charge in [-0.1, -0.05) is 17.3 Å². The molecule has 0 fully saturated rings. The lowest BCUT2D eigenvalue weighted by Crippen LogP contribution is -2.28. The average Bonchev–Trinajstić information content (AvgIpc) is 2.82. The van der Waals surface area contributed by atoms with Crippen LogP contribution in [0.15, 0.2) is 28.8 Å². The third kappa shape index (κ3) is 3.64. The molecule has 2 amide bonds. The zero-order chi connectivity index (χ0) is 14.5. The topological polar surface area (TPSA) is 97.1 Å². The predicted octanol–water partition coefficient (Wildman–Crippen LogP) is 1.90. The molecule has 0 saturated carbocycles. The van der Waals surface area contributed by atoms with Gasteiger partial charge in [-0.2, -0.15) is 4.98 Å². The second-order valence-corrected chi connectivity index (χ2v) is 4.18. The van der Waals surface area contributed by atoms with Crippen LogP contribution >= 0.6 is 0 Å². The maximum Gasteiger partial charge on any atom is 0.319 e. The largest absolute Gasteiger partial charge is 0.337 e. The van der Waals surface area contributed by atoms with Crippen LogP contribution in [0.3, 0.4) is 0 Å². The van der Waals surface area contributed by atoms with E-state index in [9.17, 15) is 9.59 Å². The molecule has 104 valence electrons. The summed E-state index contributed by atoms with van der Waals surface area (Å²) in [6.07, 6.45) is 0. The van der Waals surface area contributed by atoms with Crippen LogP contribution in [0.4, 0.5) is 10.5 Å². The minimum absolute atomic E-state index is 0.0598. The Kier molecular flexibility index (Phi) is 4.09. The van der Waals surface area contributed by atoms with Crippen molar-refractivity contribution in [3.63, 3.8) is 0 Å². The van der Waals surface area contributed by atoms with E-state index in [4.69, 9.17) is 4.52 Å². The Balaban J connectivity index is 1.91. The monoisotopic (exact) mass is 274 g/mol. The Hall–Kier alpha value is -2.70. The molecule has 1 heterocycles. The van der Waals surface area contributed by atoms with Gasteiger partial charge in [0.1, 0.15) is 0 Å². The second kappa shape index (κ2) is 5.96. The van der Waals surface area contributed by atoms with Gasteiger partial charge in [-0.05, 0) is 26.0 Å². The van der Waals surface area contributed by atoms with Crippen LogP contribution < -0.4 is 10.6 Å². The first-order valence-corrected chi connectivity index (χ1v) is 5.99. The molecule has 7 heteroatoms. The molecule has 0 unspecified atom stereocenters. The first-order chi connectivity index (χ1) is 9.54. The molecule has 2 aromatic rings. The van der Waals surface area contributed by atoms with Gasteiger partial charge in [0.15, 0.2) is 11.6 Å². The molecule has 0 aliphatic rings. The number of aromatic nitrogens is 2. The minimum Gasteiger partial charge on any atom is -0.337 e. The van der Waals surface area contributed by atoms with Crippen molar-refractivity contribution < 1.29 is 14.1 Å². The first kappa shape index (κ1) is 13.7. The Morgan fingerprint density at radius 1 is 1.35 bits per heavy atom. The normalized spacial score (nSPS) is 10.1. The highest BCUT2D eigenvalue weighted by atomic mass is 16.5. The number of hydrogen-bond donors (Lipinski definition) is 2. The van der Waals surface area contributed by atoms with Crippen molar-refractivity contribution in [1.82, 2.24) is 15.5 Å². The lowest BCUT2D eigenvalue weighted by Gasteiger charge is -2.06. The molecule has 0 spiro atoms. The summed E-state index contributed by atoms with van der Waals surface area (Å²) < 4.78 is 4.87. The smallest absolute Gasteiger partial charge is 0.319 e. The number of aryl methyl sites for hydroxylation is 1. The van der Waals surface area contributed by atoms with Crippen molar-refractivity contribution in [3.05, 3.63) is 41.5 Å². The number of rotatable bonds is 4. The number of amides is 2. The molecule has 20 heavy (non-hydrogen) atoms. The average molecular weight is 274 g/mol. The van der Waals surface area contributed by atoms with Gasteiger partial charge in [0.2, 0.25) is 5.89 Å². The van der Waals surface area contributed by atoms with Crippen molar-refractivity contribution >= 4 is 17.5 Å². The predicted molar refractivity (Wildman–Crippen MR) is 71.3 cm³/mol. The van der Waals surface area contributed by atoms with E-state index in [0.29, 0.717) is 23.0 Å². The Morgan fingerprint density at radius 3 is 2.80 bits per heavy atom. The number of nitrogens with zero attached hydrogens (tertiary/aromatic N) is 2. The van der Waals surface area contributed by atoms with Gasteiger partial charge in [0, 0.05) is 11.3 Å². The Bertz CT molecular complexity index is 636. The fraction of sp³-hybridized carbons (Fsp3) is 0.231. The maximum atomic E-state index is 11.7. The molecule has 0 aliphatic heterocycles. The van der Waals surface area contributed by atoms with Crippen LogP contribution in [0.1, 0.15) is 29.0 Å². The fourth-order valence-electron chi connectivity index (χ4n) is 1.56. The number of benzene rings is 1. The van der Waals surface area contributed by atoms with Gasteiger partial charge < -0.3 is 15.2 Å². The maximum absolute atomic E-state index is 11.7. The van der Waals surface area contributed by atoms with Crippen molar-refractivity contribution in [1.29, 1.82) is 0 Å². The van der Waals surface area contributed by atoms with Crippen molar-refractivity contribution in [2.75, 3.05) is 5.32 Å². The highest BCUT2D eigenvalue weighted by Gasteiger charge is 2.07. The molecule has 2 rings (SSSR count). The minimum atomic E-state index is -0.415. The molecule has 2 N–H and O–H groups in total. The molecule has 0 radical (unpaired) electrons. The van der Waals surface area contributed by atoms with E-state index < -0.39 is 6.03 Å². The number of nitrogens with one attached hydrogen (secondary N) is 2. The van der Waals surface area contributed by atoms with Crippen LogP contribution in [0.25, 0.3) is 0 Å². The molecule has 0 atom stereocenters. The summed E-state index contributed by atoms with van der Waals surface area (Å²) in [6.45, 7) is 3.30. The first-order valence-electron chi connectivity index (χ1n) is 5.99. The molecule has 0 saturated heterocycles. The van der Waals surface area contributed by atoms with Gasteiger partial charge >= 0.3 is 6.03 Å². The quantitative estimate of drug-likeness (QED) is 0.830. The Labute approximate surface area is 115 Å². The van der Waals surface area contributed by atoms with Gasteiger partial charge in [0.05, 0.1) is 6.54 Å². The van der Waals surface area contributed by atoms with E-state index in [-0.39, 0.29) is 12.3 Å². The highest BCUT2D eigenvalue weighted by molar-refractivity contribution is 5.96. The summed E-state index contributed by atoms with van der Waals surface area (Å²) in [5.41, 5.74) is 1.08. The molecule has 0 bridgehead atoms. The second-order valence-electron chi connectivity index (χ2n) is 4.18. The third-order valence-electron chi connectivity index (χ3n) is 2.50. The molecular formula is C13H14N4O3. The standard InChI is InChI=1S/C13H14N4O3/c1-8(18)10-4-3-5-11(6-10)16-13(19)14-7-12-15-9(2)17-20-12/h3-6H,7H2,1-2H3,(H2,14,16,19). The van der Waals surface area contributed by atoms with E-state index in [0.717, 1.165) is 0 Å². The third-order valence-corrected chi connectivity index (χ3v) is 2.50. The lowest BCUT2D eigenvalue weighted by atomic mass is 10.1. The lowest BCUT2D eigenvalue weighted by molar-refractivity contribution is 0.101. The van der Waals surface area contributed by atoms with Gasteiger partial charge in [0.25, 0.3) is 0 Å². The summed E-state index contributed by atoms with van der Waals surface area (Å²) in [5.74, 6) is 0.780. The summed E-state index contributed by atoms with van der Waals surface area (Å²) in [7, 11) is 0. The van der Waals surface area contributed by atoms with E-state index in [1.54, 1.807) is 31.2 Å². The van der Waals surface area contributed by atoms with Crippen LogP contribution in [0, 0.1) is 6.92 Å². The number of ketones is 1. The summed E-state index contributed by atoms with van der Waals surface area (Å²) in [5, 5.41) is 8.81. The molecule has 1 aromatic carbocycles. The number of Topliss-reactive ketones (excluding diaryl/α,β-unsaturated/α-hetero) is 1. The molecule has 1 aromatic heterocycles. The zero-order valence-corrected chi connectivity index (χ0v) is 11.1. The van der Waals surface area contributed by atoms with E-state index in [1.165, 1.54) is 6.92 Å². The van der Waals surface area contributed by atoms with E-state index in [2.05, 4.69) is 20.8 Å². The summed E-state index contributed by atoms with van der Waals surface area (Å²) in [6, 6.07) is 6.28. The van der Waals surface area contributed by atoms with E-state index in [1.807, 2.05) is 0 Å². The number of anilines is 1. The molecule has 0 aliphatic carbocycles. The van der Waals surface area contributed by atoms with Crippen LogP contribution in [-0.2, 0) is 6.54 Å². The highest BCUT2D eigenvalue weighted by Crippen LogP contribution is 2.11.